The molecule has 0 radical (unpaired) electrons. The molecule has 1 saturated heterocycles. The molecule has 0 spiro atoms. The molecule has 3 atom stereocenters. The molecule has 2 rings (SSSR count). The van der Waals surface area contributed by atoms with Gasteiger partial charge in [-0.3, -0.25) is 0 Å². The Morgan fingerprint density at radius 2 is 2.00 bits per heavy atom. The second-order valence-corrected chi connectivity index (χ2v) is 6.03. The van der Waals surface area contributed by atoms with Crippen LogP contribution in [0.2, 0.25) is 0 Å². The van der Waals surface area contributed by atoms with Crippen molar-refractivity contribution in [1.29, 1.82) is 0 Å². The third-order valence-corrected chi connectivity index (χ3v) is 4.80. The van der Waals surface area contributed by atoms with E-state index in [9.17, 15) is 0 Å². The molecule has 0 aromatic rings. The quantitative estimate of drug-likeness (QED) is 0.792. The Labute approximate surface area is 107 Å². The number of nitrogens with zero attached hydrogens (tertiary/aromatic N) is 1. The second kappa shape index (κ2) is 6.75. The van der Waals surface area contributed by atoms with Gasteiger partial charge >= 0.3 is 0 Å². The lowest BCUT2D eigenvalue weighted by molar-refractivity contribution is 0.142. The largest absolute Gasteiger partial charge is 0.314 e. The van der Waals surface area contributed by atoms with Crippen molar-refractivity contribution < 1.29 is 0 Å². The molecule has 2 nitrogen and oxygen atoms in total. The van der Waals surface area contributed by atoms with Crippen LogP contribution >= 0.6 is 0 Å². The highest BCUT2D eigenvalue weighted by molar-refractivity contribution is 4.86. The van der Waals surface area contributed by atoms with Crippen molar-refractivity contribution >= 4 is 0 Å². The van der Waals surface area contributed by atoms with Gasteiger partial charge in [-0.15, -0.1) is 0 Å². The Kier molecular flexibility index (Phi) is 5.30. The first-order valence-corrected chi connectivity index (χ1v) is 7.79. The first-order valence-electron chi connectivity index (χ1n) is 7.79. The van der Waals surface area contributed by atoms with Gasteiger partial charge in [0.2, 0.25) is 0 Å². The number of nitrogens with one attached hydrogen (secondary N) is 1. The van der Waals surface area contributed by atoms with Crippen LogP contribution in [0.1, 0.15) is 52.4 Å². The van der Waals surface area contributed by atoms with Gasteiger partial charge in [0.05, 0.1) is 0 Å². The Bertz CT molecular complexity index is 217. The Balaban J connectivity index is 1.79. The number of hydrogen-bond donors (Lipinski definition) is 1. The van der Waals surface area contributed by atoms with Crippen molar-refractivity contribution in [3.63, 3.8) is 0 Å². The summed E-state index contributed by atoms with van der Waals surface area (Å²) in [6.45, 7) is 9.80. The van der Waals surface area contributed by atoms with Gasteiger partial charge in [0, 0.05) is 19.1 Å². The molecule has 1 aliphatic carbocycles. The van der Waals surface area contributed by atoms with Gasteiger partial charge in [0.15, 0.2) is 0 Å². The summed E-state index contributed by atoms with van der Waals surface area (Å²) in [5.41, 5.74) is 0. The molecule has 3 unspecified atom stereocenters. The van der Waals surface area contributed by atoms with Gasteiger partial charge < -0.3 is 10.2 Å². The second-order valence-electron chi connectivity index (χ2n) is 6.03. The van der Waals surface area contributed by atoms with Crippen LogP contribution in [0, 0.1) is 11.8 Å². The number of hydrogen-bond acceptors (Lipinski definition) is 2. The van der Waals surface area contributed by atoms with Gasteiger partial charge in [-0.1, -0.05) is 26.7 Å². The first-order chi connectivity index (χ1) is 8.33. The van der Waals surface area contributed by atoms with E-state index in [0.29, 0.717) is 0 Å². The standard InChI is InChI=1S/C15H30N2/c1-3-13-7-6-10-17(11-13)12-14-8-5-9-15(14)16-4-2/h13-16H,3-12H2,1-2H3. The lowest BCUT2D eigenvalue weighted by Gasteiger charge is -2.35. The number of rotatable bonds is 5. The van der Waals surface area contributed by atoms with Crippen molar-refractivity contribution in [3.8, 4) is 0 Å². The molecule has 2 aliphatic rings. The van der Waals surface area contributed by atoms with Crippen LogP contribution < -0.4 is 5.32 Å². The van der Waals surface area contributed by atoms with Crippen LogP contribution in [0.25, 0.3) is 0 Å². The zero-order chi connectivity index (χ0) is 12.1. The summed E-state index contributed by atoms with van der Waals surface area (Å²) in [6.07, 6.45) is 8.56. The number of likely N-dealkylation sites (tertiary alicyclic amines) is 1. The highest BCUT2D eigenvalue weighted by Gasteiger charge is 2.29. The summed E-state index contributed by atoms with van der Waals surface area (Å²) in [6, 6.07) is 0.807. The summed E-state index contributed by atoms with van der Waals surface area (Å²) in [5, 5.41) is 3.68. The van der Waals surface area contributed by atoms with E-state index in [-0.39, 0.29) is 0 Å². The molecular weight excluding hydrogens is 208 g/mol. The summed E-state index contributed by atoms with van der Waals surface area (Å²) in [5.74, 6) is 1.90. The Hall–Kier alpha value is -0.0800. The topological polar surface area (TPSA) is 15.3 Å². The maximum atomic E-state index is 3.68. The van der Waals surface area contributed by atoms with Crippen molar-refractivity contribution in [3.05, 3.63) is 0 Å². The summed E-state index contributed by atoms with van der Waals surface area (Å²) in [4.78, 5) is 2.75. The van der Waals surface area contributed by atoms with Crippen LogP contribution in [0.3, 0.4) is 0 Å². The van der Waals surface area contributed by atoms with E-state index in [0.717, 1.165) is 24.4 Å². The van der Waals surface area contributed by atoms with E-state index in [1.54, 1.807) is 0 Å². The smallest absolute Gasteiger partial charge is 0.0107 e. The fraction of sp³-hybridized carbons (Fsp3) is 1.00. The molecule has 0 bridgehead atoms. The zero-order valence-electron chi connectivity index (χ0n) is 11.8. The molecule has 1 saturated carbocycles. The maximum absolute atomic E-state index is 3.68. The molecular formula is C15H30N2. The third-order valence-electron chi connectivity index (χ3n) is 4.80. The van der Waals surface area contributed by atoms with Crippen LogP contribution in [0.15, 0.2) is 0 Å². The zero-order valence-corrected chi connectivity index (χ0v) is 11.8. The van der Waals surface area contributed by atoms with Gasteiger partial charge in [0.25, 0.3) is 0 Å². The molecule has 1 N–H and O–H groups in total. The molecule has 100 valence electrons. The molecule has 1 aliphatic heterocycles. The van der Waals surface area contributed by atoms with E-state index in [2.05, 4.69) is 24.1 Å². The van der Waals surface area contributed by atoms with Crippen molar-refractivity contribution in [2.75, 3.05) is 26.2 Å². The Morgan fingerprint density at radius 1 is 1.12 bits per heavy atom. The number of piperidine rings is 1. The van der Waals surface area contributed by atoms with Crippen LogP contribution in [-0.4, -0.2) is 37.1 Å². The highest BCUT2D eigenvalue weighted by atomic mass is 15.1. The average Bonchev–Trinajstić information content (AvgIpc) is 2.78. The minimum Gasteiger partial charge on any atom is -0.314 e. The van der Waals surface area contributed by atoms with Crippen LogP contribution in [0.4, 0.5) is 0 Å². The summed E-state index contributed by atoms with van der Waals surface area (Å²) in [7, 11) is 0. The molecule has 2 heteroatoms. The molecule has 1 heterocycles. The predicted molar refractivity (Wildman–Crippen MR) is 74.3 cm³/mol. The lowest BCUT2D eigenvalue weighted by atomic mass is 9.94. The monoisotopic (exact) mass is 238 g/mol. The van der Waals surface area contributed by atoms with E-state index in [1.165, 1.54) is 58.2 Å². The molecule has 0 aromatic carbocycles. The van der Waals surface area contributed by atoms with Crippen LogP contribution in [0.5, 0.6) is 0 Å². The van der Waals surface area contributed by atoms with Gasteiger partial charge in [-0.05, 0) is 50.6 Å². The summed E-state index contributed by atoms with van der Waals surface area (Å²) < 4.78 is 0. The molecule has 0 amide bonds. The first kappa shape index (κ1) is 13.4. The third kappa shape index (κ3) is 3.69. The summed E-state index contributed by atoms with van der Waals surface area (Å²) >= 11 is 0. The normalized spacial score (nSPS) is 35.3. The fourth-order valence-corrected chi connectivity index (χ4v) is 3.77. The lowest BCUT2D eigenvalue weighted by Crippen LogP contribution is -2.43. The van der Waals surface area contributed by atoms with Crippen LogP contribution in [-0.2, 0) is 0 Å². The highest BCUT2D eigenvalue weighted by Crippen LogP contribution is 2.28. The Morgan fingerprint density at radius 3 is 2.76 bits per heavy atom. The minimum absolute atomic E-state index is 0.807. The molecule has 17 heavy (non-hydrogen) atoms. The van der Waals surface area contributed by atoms with Crippen molar-refractivity contribution in [1.82, 2.24) is 10.2 Å². The fourth-order valence-electron chi connectivity index (χ4n) is 3.77. The van der Waals surface area contributed by atoms with Crippen molar-refractivity contribution in [2.45, 2.75) is 58.4 Å². The van der Waals surface area contributed by atoms with Gasteiger partial charge in [-0.25, -0.2) is 0 Å². The van der Waals surface area contributed by atoms with E-state index in [1.807, 2.05) is 0 Å². The predicted octanol–water partition coefficient (Wildman–Crippen LogP) is 2.89. The SMILES string of the molecule is CCNC1CCCC1CN1CCCC(CC)C1. The van der Waals surface area contributed by atoms with Gasteiger partial charge in [0.1, 0.15) is 0 Å². The minimum atomic E-state index is 0.807. The molecule has 2 fully saturated rings. The van der Waals surface area contributed by atoms with Gasteiger partial charge in [-0.2, -0.15) is 0 Å². The van der Waals surface area contributed by atoms with E-state index >= 15 is 0 Å². The maximum Gasteiger partial charge on any atom is 0.0107 e. The van der Waals surface area contributed by atoms with E-state index in [4.69, 9.17) is 0 Å². The average molecular weight is 238 g/mol. The molecule has 0 aromatic heterocycles. The van der Waals surface area contributed by atoms with E-state index < -0.39 is 0 Å². The van der Waals surface area contributed by atoms with Crippen molar-refractivity contribution in [2.24, 2.45) is 11.8 Å².